The summed E-state index contributed by atoms with van der Waals surface area (Å²) in [5, 5.41) is 12.6. The Balaban J connectivity index is 1.29. The number of hydrogen-bond donors (Lipinski definition) is 1. The van der Waals surface area contributed by atoms with E-state index in [2.05, 4.69) is 15.5 Å². The molecule has 0 unspecified atom stereocenters. The molecule has 0 fully saturated rings. The summed E-state index contributed by atoms with van der Waals surface area (Å²) in [4.78, 5) is 26.1. The number of carbonyl (C=O) groups is 1. The fraction of sp³-hybridized carbons (Fsp3) is 0.154. The van der Waals surface area contributed by atoms with Gasteiger partial charge in [0.25, 0.3) is 5.56 Å². The van der Waals surface area contributed by atoms with Gasteiger partial charge in [0.2, 0.25) is 18.5 Å². The number of hydrogen-bond acceptors (Lipinski definition) is 8. The first-order valence-electron chi connectivity index (χ1n) is 11.4. The molecule has 0 atom stereocenters. The summed E-state index contributed by atoms with van der Waals surface area (Å²) < 4.78 is 19.4. The maximum atomic E-state index is 13.5. The molecular formula is C26H21N5O5S. The molecule has 0 spiro atoms. The van der Waals surface area contributed by atoms with Crippen molar-refractivity contribution in [2.75, 3.05) is 19.7 Å². The molecule has 0 bridgehead atoms. The third-order valence-corrected chi connectivity index (χ3v) is 6.89. The van der Waals surface area contributed by atoms with Crippen molar-refractivity contribution < 1.29 is 19.0 Å². The summed E-state index contributed by atoms with van der Waals surface area (Å²) in [6.07, 6.45) is 0. The second-order valence-electron chi connectivity index (χ2n) is 8.23. The highest BCUT2D eigenvalue weighted by Gasteiger charge is 2.19. The van der Waals surface area contributed by atoms with Crippen LogP contribution in [-0.2, 0) is 11.3 Å². The molecule has 0 saturated carbocycles. The molecule has 3 heterocycles. The third kappa shape index (κ3) is 4.23. The Morgan fingerprint density at radius 3 is 2.81 bits per heavy atom. The van der Waals surface area contributed by atoms with Gasteiger partial charge in [0.05, 0.1) is 29.5 Å². The molecule has 3 aromatic carbocycles. The molecule has 5 aromatic rings. The van der Waals surface area contributed by atoms with Crippen molar-refractivity contribution in [3.63, 3.8) is 0 Å². The summed E-state index contributed by atoms with van der Waals surface area (Å²) in [7, 11) is 1.57. The quantitative estimate of drug-likeness (QED) is 0.329. The van der Waals surface area contributed by atoms with Gasteiger partial charge in [-0.1, -0.05) is 36.0 Å². The molecule has 0 saturated heterocycles. The van der Waals surface area contributed by atoms with Crippen LogP contribution in [0.2, 0.25) is 0 Å². The lowest BCUT2D eigenvalue weighted by molar-refractivity contribution is -0.118. The number of nitrogens with zero attached hydrogens (tertiary/aromatic N) is 4. The minimum absolute atomic E-state index is 0.123. The van der Waals surface area contributed by atoms with Crippen LogP contribution in [0.25, 0.3) is 22.4 Å². The molecule has 1 N–H and O–H groups in total. The smallest absolute Gasteiger partial charge is 0.267 e. The number of carbonyl (C=O) groups excluding carboxylic acids is 1. The zero-order chi connectivity index (χ0) is 25.4. The number of fused-ring (bicyclic) bond motifs is 4. The number of para-hydroxylation sites is 1. The van der Waals surface area contributed by atoms with Gasteiger partial charge >= 0.3 is 0 Å². The maximum absolute atomic E-state index is 13.5. The lowest BCUT2D eigenvalue weighted by atomic mass is 10.2. The molecule has 1 aliphatic heterocycles. The monoisotopic (exact) mass is 515 g/mol. The Bertz CT molecular complexity index is 1710. The Kier molecular flexibility index (Phi) is 5.89. The van der Waals surface area contributed by atoms with E-state index in [4.69, 9.17) is 14.2 Å². The number of thioether (sulfide) groups is 1. The molecule has 186 valence electrons. The summed E-state index contributed by atoms with van der Waals surface area (Å²) >= 11 is 1.24. The second kappa shape index (κ2) is 9.51. The molecule has 1 aliphatic rings. The van der Waals surface area contributed by atoms with Crippen LogP contribution in [0.3, 0.4) is 0 Å². The minimum atomic E-state index is -0.221. The highest BCUT2D eigenvalue weighted by Crippen LogP contribution is 2.32. The Labute approximate surface area is 214 Å². The Morgan fingerprint density at radius 1 is 1.05 bits per heavy atom. The minimum Gasteiger partial charge on any atom is -0.497 e. The molecular weight excluding hydrogens is 494 g/mol. The van der Waals surface area contributed by atoms with E-state index in [0.717, 1.165) is 5.56 Å². The first kappa shape index (κ1) is 22.9. The highest BCUT2D eigenvalue weighted by molar-refractivity contribution is 7.99. The van der Waals surface area contributed by atoms with Crippen LogP contribution in [0, 0.1) is 0 Å². The van der Waals surface area contributed by atoms with Crippen LogP contribution in [-0.4, -0.2) is 44.7 Å². The van der Waals surface area contributed by atoms with E-state index < -0.39 is 0 Å². The SMILES string of the molecule is COc1cccc(-n2c(=O)c3ccccc3n3c(SCC(=O)NCc4ccc5c(c4)OCO5)nnc23)c1. The molecule has 6 rings (SSSR count). The molecule has 2 aromatic heterocycles. The van der Waals surface area contributed by atoms with Gasteiger partial charge in [0, 0.05) is 12.6 Å². The van der Waals surface area contributed by atoms with Crippen molar-refractivity contribution >= 4 is 34.3 Å². The predicted molar refractivity (Wildman–Crippen MR) is 138 cm³/mol. The normalized spacial score (nSPS) is 12.2. The molecule has 11 heteroatoms. The molecule has 10 nitrogen and oxygen atoms in total. The average Bonchev–Trinajstić information content (AvgIpc) is 3.58. The third-order valence-electron chi connectivity index (χ3n) is 5.97. The number of amides is 1. The van der Waals surface area contributed by atoms with Gasteiger partial charge in [0.15, 0.2) is 16.7 Å². The Hall–Kier alpha value is -4.51. The van der Waals surface area contributed by atoms with Crippen molar-refractivity contribution in [3.8, 4) is 22.9 Å². The van der Waals surface area contributed by atoms with Crippen molar-refractivity contribution in [1.29, 1.82) is 0 Å². The fourth-order valence-electron chi connectivity index (χ4n) is 4.19. The maximum Gasteiger partial charge on any atom is 0.267 e. The Morgan fingerprint density at radius 2 is 1.92 bits per heavy atom. The highest BCUT2D eigenvalue weighted by atomic mass is 32.2. The average molecular weight is 516 g/mol. The number of rotatable bonds is 7. The molecule has 0 aliphatic carbocycles. The van der Waals surface area contributed by atoms with Gasteiger partial charge in [-0.25, -0.2) is 4.57 Å². The van der Waals surface area contributed by atoms with Crippen molar-refractivity contribution in [1.82, 2.24) is 24.5 Å². The number of benzene rings is 3. The van der Waals surface area contributed by atoms with Crippen molar-refractivity contribution in [2.45, 2.75) is 11.7 Å². The van der Waals surface area contributed by atoms with E-state index in [9.17, 15) is 9.59 Å². The summed E-state index contributed by atoms with van der Waals surface area (Å²) in [5.41, 5.74) is 1.95. The zero-order valence-corrected chi connectivity index (χ0v) is 20.5. The lowest BCUT2D eigenvalue weighted by Gasteiger charge is -2.12. The number of nitrogens with one attached hydrogen (secondary N) is 1. The van der Waals surface area contributed by atoms with Crippen LogP contribution < -0.4 is 25.1 Å². The summed E-state index contributed by atoms with van der Waals surface area (Å²) in [6.45, 7) is 0.559. The van der Waals surface area contributed by atoms with E-state index in [-0.39, 0.29) is 24.0 Å². The lowest BCUT2D eigenvalue weighted by Crippen LogP contribution is -2.24. The fourth-order valence-corrected chi connectivity index (χ4v) is 4.96. The van der Waals surface area contributed by atoms with E-state index in [0.29, 0.717) is 51.3 Å². The number of aromatic nitrogens is 4. The first-order chi connectivity index (χ1) is 18.1. The van der Waals surface area contributed by atoms with Gasteiger partial charge in [-0.3, -0.25) is 14.0 Å². The standard InChI is InChI=1S/C26H21N5O5S/c1-34-18-6-4-5-17(12-18)30-24(33)19-7-2-3-8-20(19)31-25(30)28-29-26(31)37-14-23(32)27-13-16-9-10-21-22(11-16)36-15-35-21/h2-12H,13-15H2,1H3,(H,27,32). The van der Waals surface area contributed by atoms with E-state index in [1.54, 1.807) is 29.7 Å². The van der Waals surface area contributed by atoms with Crippen LogP contribution >= 0.6 is 11.8 Å². The van der Waals surface area contributed by atoms with Gasteiger partial charge in [-0.05, 0) is 42.0 Å². The topological polar surface area (TPSA) is 109 Å². The van der Waals surface area contributed by atoms with Crippen molar-refractivity contribution in [2.24, 2.45) is 0 Å². The summed E-state index contributed by atoms with van der Waals surface area (Å²) in [6, 6.07) is 20.0. The van der Waals surface area contributed by atoms with E-state index in [1.165, 1.54) is 16.3 Å². The first-order valence-corrected chi connectivity index (χ1v) is 12.4. The van der Waals surface area contributed by atoms with Crippen LogP contribution in [0.4, 0.5) is 0 Å². The van der Waals surface area contributed by atoms with E-state index in [1.807, 2.05) is 48.5 Å². The van der Waals surface area contributed by atoms with E-state index >= 15 is 0 Å². The van der Waals surface area contributed by atoms with Crippen LogP contribution in [0.15, 0.2) is 76.7 Å². The molecule has 1 amide bonds. The predicted octanol–water partition coefficient (Wildman–Crippen LogP) is 3.18. The van der Waals surface area contributed by atoms with Gasteiger partial charge in [-0.15, -0.1) is 10.2 Å². The zero-order valence-electron chi connectivity index (χ0n) is 19.7. The second-order valence-corrected chi connectivity index (χ2v) is 9.17. The van der Waals surface area contributed by atoms with Crippen molar-refractivity contribution in [3.05, 3.63) is 82.6 Å². The molecule has 0 radical (unpaired) electrons. The van der Waals surface area contributed by atoms with Gasteiger partial charge < -0.3 is 19.5 Å². The number of methoxy groups -OCH3 is 1. The van der Waals surface area contributed by atoms with Crippen LogP contribution in [0.5, 0.6) is 17.2 Å². The number of ether oxygens (including phenoxy) is 3. The molecule has 37 heavy (non-hydrogen) atoms. The van der Waals surface area contributed by atoms with Gasteiger partial charge in [-0.2, -0.15) is 0 Å². The van der Waals surface area contributed by atoms with Crippen LogP contribution in [0.1, 0.15) is 5.56 Å². The van der Waals surface area contributed by atoms with Gasteiger partial charge in [0.1, 0.15) is 5.75 Å². The summed E-state index contributed by atoms with van der Waals surface area (Å²) in [5.74, 6) is 2.29. The largest absolute Gasteiger partial charge is 0.497 e.